The highest BCUT2D eigenvalue weighted by molar-refractivity contribution is 8.27. The third-order valence-electron chi connectivity index (χ3n) is 12.5. The molecule has 12 heteroatoms. The SMILES string of the molecule is Fc1ccc([Si]2(c3ccc(F)cc3)[Si](c3ccc(F)cc3)(c3ccc(F)cc3)[Si](c3ccc(F)cc3)(c3ccc(F)cc3)[Si]2(c2ccc(F)cc2)c2ccc(F)cc2)cc1. The van der Waals surface area contributed by atoms with Crippen molar-refractivity contribution in [3.63, 3.8) is 0 Å². The van der Waals surface area contributed by atoms with Crippen molar-refractivity contribution in [1.82, 2.24) is 0 Å². The molecule has 0 atom stereocenters. The van der Waals surface area contributed by atoms with Crippen molar-refractivity contribution in [2.45, 2.75) is 0 Å². The zero-order valence-electron chi connectivity index (χ0n) is 31.5. The minimum Gasteiger partial charge on any atom is -0.207 e. The first-order chi connectivity index (χ1) is 29.0. The molecule has 1 aliphatic rings. The molecule has 0 amide bonds. The lowest BCUT2D eigenvalue weighted by atomic mass is 10.3. The normalized spacial score (nSPS) is 15.9. The molecule has 1 aliphatic heterocycles. The van der Waals surface area contributed by atoms with E-state index in [4.69, 9.17) is 0 Å². The second kappa shape index (κ2) is 15.0. The molecule has 0 saturated carbocycles. The highest BCUT2D eigenvalue weighted by atomic mass is 30.2. The van der Waals surface area contributed by atoms with Gasteiger partial charge >= 0.3 is 0 Å². The average molecular weight is 873 g/mol. The van der Waals surface area contributed by atoms with Crippen LogP contribution in [0.25, 0.3) is 0 Å². The third-order valence-corrected chi connectivity index (χ3v) is 89.9. The molecule has 1 heterocycles. The van der Waals surface area contributed by atoms with E-state index < -0.39 is 75.0 Å². The van der Waals surface area contributed by atoms with E-state index >= 15 is 35.1 Å². The Labute approximate surface area is 344 Å². The Bertz CT molecular complexity index is 2210. The lowest BCUT2D eigenvalue weighted by molar-refractivity contribution is 0.627. The van der Waals surface area contributed by atoms with E-state index in [1.54, 1.807) is 97.1 Å². The first-order valence-corrected chi connectivity index (χ1v) is 31.1. The monoisotopic (exact) mass is 872 g/mol. The summed E-state index contributed by atoms with van der Waals surface area (Å²) in [4.78, 5) is 0. The largest absolute Gasteiger partial charge is 0.207 e. The Morgan fingerprint density at radius 3 is 0.317 bits per heavy atom. The van der Waals surface area contributed by atoms with Crippen LogP contribution in [0.5, 0.6) is 0 Å². The summed E-state index contributed by atoms with van der Waals surface area (Å²) in [5, 5.41) is 5.58. The van der Waals surface area contributed by atoms with Crippen molar-refractivity contribution < 1.29 is 35.1 Å². The van der Waals surface area contributed by atoms with E-state index in [2.05, 4.69) is 0 Å². The highest BCUT2D eigenvalue weighted by Gasteiger charge is 2.94. The maximum absolute atomic E-state index is 15.4. The van der Waals surface area contributed by atoms with Gasteiger partial charge in [0.15, 0.2) is 0 Å². The molecule has 0 spiro atoms. The smallest absolute Gasteiger partial charge is 0.123 e. The average Bonchev–Trinajstić information content (AvgIpc) is 3.25. The van der Waals surface area contributed by atoms with E-state index in [0.717, 1.165) is 0 Å². The molecule has 0 aromatic heterocycles. The molecule has 0 unspecified atom stereocenters. The van der Waals surface area contributed by atoms with Crippen LogP contribution in [0.4, 0.5) is 35.1 Å². The van der Waals surface area contributed by atoms with E-state index in [1.807, 2.05) is 0 Å². The highest BCUT2D eigenvalue weighted by Crippen LogP contribution is 2.50. The van der Waals surface area contributed by atoms with Crippen LogP contribution in [-0.2, 0) is 0 Å². The molecule has 1 fully saturated rings. The lowest BCUT2D eigenvalue weighted by Gasteiger charge is -2.79. The van der Waals surface area contributed by atoms with Crippen molar-refractivity contribution >= 4 is 69.9 Å². The van der Waals surface area contributed by atoms with Gasteiger partial charge in [0, 0.05) is 0 Å². The maximum atomic E-state index is 15.4. The van der Waals surface area contributed by atoms with Crippen LogP contribution in [-0.4, -0.2) is 28.4 Å². The lowest BCUT2D eigenvalue weighted by Crippen LogP contribution is -3.25. The number of halogens is 8. The van der Waals surface area contributed by atoms with E-state index in [0.29, 0.717) is 41.5 Å². The van der Waals surface area contributed by atoms with E-state index in [-0.39, 0.29) is 0 Å². The fraction of sp³-hybridized carbons (Fsp3) is 0. The Morgan fingerprint density at radius 1 is 0.150 bits per heavy atom. The van der Waals surface area contributed by atoms with E-state index in [1.165, 1.54) is 97.1 Å². The molecular weight excluding hydrogens is 841 g/mol. The minimum atomic E-state index is -4.13. The summed E-state index contributed by atoms with van der Waals surface area (Å²) in [5.74, 6) is -4.27. The number of benzene rings is 8. The molecule has 0 aliphatic carbocycles. The molecule has 8 aromatic carbocycles. The van der Waals surface area contributed by atoms with Crippen molar-refractivity contribution in [2.24, 2.45) is 0 Å². The molecule has 0 nitrogen and oxygen atoms in total. The molecule has 0 N–H and O–H groups in total. The van der Waals surface area contributed by atoms with Crippen molar-refractivity contribution in [3.8, 4) is 0 Å². The van der Waals surface area contributed by atoms with Gasteiger partial charge in [-0.2, -0.15) is 0 Å². The van der Waals surface area contributed by atoms with E-state index in [9.17, 15) is 0 Å². The van der Waals surface area contributed by atoms with Gasteiger partial charge in [-0.1, -0.05) is 139 Å². The topological polar surface area (TPSA) is 0 Å². The summed E-state index contributed by atoms with van der Waals surface area (Å²) in [6, 6.07) is 49.3. The molecule has 296 valence electrons. The number of rotatable bonds is 8. The summed E-state index contributed by atoms with van der Waals surface area (Å²) < 4.78 is 123. The molecule has 0 radical (unpaired) electrons. The predicted octanol–water partition coefficient (Wildman–Crippen LogP) is 6.48. The van der Waals surface area contributed by atoms with Crippen molar-refractivity contribution in [3.05, 3.63) is 241 Å². The van der Waals surface area contributed by atoms with Crippen LogP contribution < -0.4 is 41.5 Å². The zero-order valence-corrected chi connectivity index (χ0v) is 35.5. The van der Waals surface area contributed by atoms with Crippen LogP contribution in [0.2, 0.25) is 0 Å². The standard InChI is InChI=1S/C48H32F8Si4/c49-33-1-17-41(18-2-33)57(42-19-3-34(50)4-20-42)58(43-21-5-35(51)6-22-43,44-23-7-36(52)8-24-44)60(47-29-13-39(55)14-30-47,48-31-15-40(56)16-32-48)59(57,45-25-9-37(53)10-26-45)46-27-11-38(54)12-28-46/h1-32H. The molecule has 8 aromatic rings. The van der Waals surface area contributed by atoms with Crippen molar-refractivity contribution in [2.75, 3.05) is 0 Å². The van der Waals surface area contributed by atoms with Crippen LogP contribution in [0.3, 0.4) is 0 Å². The Kier molecular flexibility index (Phi) is 9.85. The van der Waals surface area contributed by atoms with Crippen LogP contribution in [0.15, 0.2) is 194 Å². The third kappa shape index (κ3) is 5.43. The fourth-order valence-corrected chi connectivity index (χ4v) is 132. The summed E-state index contributed by atoms with van der Waals surface area (Å²) in [6.07, 6.45) is 0. The minimum absolute atomic E-state index is 0.534. The number of hydrogen-bond acceptors (Lipinski definition) is 0. The van der Waals surface area contributed by atoms with Gasteiger partial charge in [-0.3, -0.25) is 0 Å². The molecule has 9 rings (SSSR count). The summed E-state index contributed by atoms with van der Waals surface area (Å²) in [6.45, 7) is 0. The summed E-state index contributed by atoms with van der Waals surface area (Å²) in [7, 11) is -16.5. The van der Waals surface area contributed by atoms with Crippen LogP contribution >= 0.6 is 0 Å². The predicted molar refractivity (Wildman–Crippen MR) is 231 cm³/mol. The quantitative estimate of drug-likeness (QED) is 0.121. The van der Waals surface area contributed by atoms with Gasteiger partial charge in [0.2, 0.25) is 0 Å². The van der Waals surface area contributed by atoms with Crippen LogP contribution in [0.1, 0.15) is 0 Å². The van der Waals surface area contributed by atoms with Gasteiger partial charge in [-0.25, -0.2) is 35.1 Å². The first kappa shape index (κ1) is 39.5. The maximum Gasteiger partial charge on any atom is 0.123 e. The number of hydrogen-bond donors (Lipinski definition) is 0. The summed E-state index contributed by atoms with van der Waals surface area (Å²) >= 11 is 0. The zero-order chi connectivity index (χ0) is 41.9. The molecule has 60 heavy (non-hydrogen) atoms. The first-order valence-electron chi connectivity index (χ1n) is 19.1. The van der Waals surface area contributed by atoms with Gasteiger partial charge < -0.3 is 0 Å². The van der Waals surface area contributed by atoms with Crippen LogP contribution in [0, 0.1) is 46.5 Å². The Morgan fingerprint density at radius 2 is 0.233 bits per heavy atom. The molecule has 1 saturated heterocycles. The Balaban J connectivity index is 1.71. The van der Waals surface area contributed by atoms with Gasteiger partial charge in [-0.15, -0.1) is 0 Å². The molecule has 0 bridgehead atoms. The summed E-state index contributed by atoms with van der Waals surface area (Å²) in [5.41, 5.74) is 0. The fourth-order valence-electron chi connectivity index (χ4n) is 10.8. The second-order valence-corrected chi connectivity index (χ2v) is 49.7. The van der Waals surface area contributed by atoms with Gasteiger partial charge in [0.25, 0.3) is 0 Å². The van der Waals surface area contributed by atoms with Crippen molar-refractivity contribution in [1.29, 1.82) is 0 Å². The van der Waals surface area contributed by atoms with Gasteiger partial charge in [0.1, 0.15) is 75.0 Å². The molecular formula is C48H32F8Si4. The second-order valence-electron chi connectivity index (χ2n) is 15.1. The Hall–Kier alpha value is -5.93. The van der Waals surface area contributed by atoms with Gasteiger partial charge in [0.05, 0.1) is 0 Å². The van der Waals surface area contributed by atoms with Gasteiger partial charge in [-0.05, 0) is 97.1 Å².